The Morgan fingerprint density at radius 2 is 2.15 bits per heavy atom. The summed E-state index contributed by atoms with van der Waals surface area (Å²) in [5, 5.41) is 0. The number of rotatable bonds is 1. The molecule has 0 amide bonds. The van der Waals surface area contributed by atoms with Gasteiger partial charge in [0.05, 0.1) is 0 Å². The first-order chi connectivity index (χ1) is 9.74. The maximum Gasteiger partial charge on any atom is 0.0169 e. The molecule has 3 atom stereocenters. The second kappa shape index (κ2) is 4.59. The van der Waals surface area contributed by atoms with E-state index in [0.29, 0.717) is 5.41 Å². The normalized spacial score (nSPS) is 36.3. The van der Waals surface area contributed by atoms with Crippen molar-refractivity contribution in [2.45, 2.75) is 63.3 Å². The van der Waals surface area contributed by atoms with Gasteiger partial charge in [-0.3, -0.25) is 0 Å². The van der Waals surface area contributed by atoms with Gasteiger partial charge < -0.3 is 4.90 Å². The lowest BCUT2D eigenvalue weighted by molar-refractivity contribution is 0.00282. The van der Waals surface area contributed by atoms with Gasteiger partial charge in [-0.25, -0.2) is 0 Å². The number of hydrogen-bond acceptors (Lipinski definition) is 1. The fourth-order valence-electron chi connectivity index (χ4n) is 5.46. The first kappa shape index (κ1) is 12.9. The molecule has 4 rings (SSSR count). The molecule has 1 unspecified atom stereocenters. The number of likely N-dealkylation sites (N-methyl/N-ethyl adjacent to an activating group) is 1. The Kier molecular flexibility index (Phi) is 2.96. The van der Waals surface area contributed by atoms with Gasteiger partial charge in [-0.1, -0.05) is 38.0 Å². The van der Waals surface area contributed by atoms with Gasteiger partial charge in [0.25, 0.3) is 0 Å². The van der Waals surface area contributed by atoms with Crippen LogP contribution in [0.15, 0.2) is 18.2 Å². The van der Waals surface area contributed by atoms with E-state index in [2.05, 4.69) is 37.1 Å². The summed E-state index contributed by atoms with van der Waals surface area (Å²) in [5.74, 6) is 0.926. The molecule has 1 nitrogen and oxygen atoms in total. The maximum atomic E-state index is 2.66. The second-order valence-electron chi connectivity index (χ2n) is 7.36. The molecule has 1 saturated carbocycles. The molecule has 3 aliphatic rings. The van der Waals surface area contributed by atoms with E-state index in [9.17, 15) is 0 Å². The third kappa shape index (κ3) is 1.65. The highest BCUT2D eigenvalue weighted by atomic mass is 15.1. The van der Waals surface area contributed by atoms with Crippen LogP contribution in [0.2, 0.25) is 0 Å². The molecule has 1 heterocycles. The average molecular weight is 269 g/mol. The van der Waals surface area contributed by atoms with E-state index >= 15 is 0 Å². The van der Waals surface area contributed by atoms with Crippen LogP contribution in [0.3, 0.4) is 0 Å². The smallest absolute Gasteiger partial charge is 0.0169 e. The highest BCUT2D eigenvalue weighted by Gasteiger charge is 2.52. The van der Waals surface area contributed by atoms with Crippen molar-refractivity contribution in [3.63, 3.8) is 0 Å². The van der Waals surface area contributed by atoms with Crippen molar-refractivity contribution in [3.8, 4) is 0 Å². The number of likely N-dealkylation sites (tertiary alicyclic amines) is 1. The first-order valence-electron chi connectivity index (χ1n) is 8.57. The molecule has 0 spiro atoms. The minimum Gasteiger partial charge on any atom is -0.303 e. The van der Waals surface area contributed by atoms with E-state index in [1.54, 1.807) is 16.7 Å². The minimum absolute atomic E-state index is 0.536. The van der Waals surface area contributed by atoms with Crippen LogP contribution >= 0.6 is 0 Å². The van der Waals surface area contributed by atoms with Gasteiger partial charge in [-0.15, -0.1) is 0 Å². The van der Waals surface area contributed by atoms with E-state index in [-0.39, 0.29) is 0 Å². The molecular formula is C19H27N. The van der Waals surface area contributed by atoms with E-state index in [4.69, 9.17) is 0 Å². The molecule has 2 fully saturated rings. The lowest BCUT2D eigenvalue weighted by Gasteiger charge is -2.58. The Balaban J connectivity index is 1.88. The molecule has 0 radical (unpaired) electrons. The van der Waals surface area contributed by atoms with Gasteiger partial charge in [0, 0.05) is 11.5 Å². The number of benzene rings is 1. The van der Waals surface area contributed by atoms with E-state index in [0.717, 1.165) is 12.0 Å². The number of nitrogens with zero attached hydrogens (tertiary/aromatic N) is 1. The van der Waals surface area contributed by atoms with Crippen molar-refractivity contribution in [2.24, 2.45) is 5.92 Å². The van der Waals surface area contributed by atoms with Gasteiger partial charge >= 0.3 is 0 Å². The van der Waals surface area contributed by atoms with Crippen molar-refractivity contribution in [1.29, 1.82) is 0 Å². The van der Waals surface area contributed by atoms with Crippen molar-refractivity contribution in [2.75, 3.05) is 13.6 Å². The largest absolute Gasteiger partial charge is 0.303 e. The third-order valence-electron chi connectivity index (χ3n) is 6.59. The fourth-order valence-corrected chi connectivity index (χ4v) is 5.46. The minimum atomic E-state index is 0.536. The molecular weight excluding hydrogens is 242 g/mol. The summed E-state index contributed by atoms with van der Waals surface area (Å²) in [6.45, 7) is 3.59. The van der Waals surface area contributed by atoms with E-state index in [1.165, 1.54) is 51.5 Å². The van der Waals surface area contributed by atoms with Crippen molar-refractivity contribution in [3.05, 3.63) is 34.9 Å². The molecule has 0 N–H and O–H groups in total. The van der Waals surface area contributed by atoms with Crippen LogP contribution in [0.25, 0.3) is 0 Å². The summed E-state index contributed by atoms with van der Waals surface area (Å²) >= 11 is 0. The summed E-state index contributed by atoms with van der Waals surface area (Å²) in [6.07, 6.45) is 9.68. The fraction of sp³-hybridized carbons (Fsp3) is 0.684. The zero-order valence-corrected chi connectivity index (χ0v) is 13.0. The van der Waals surface area contributed by atoms with E-state index < -0.39 is 0 Å². The third-order valence-corrected chi connectivity index (χ3v) is 6.59. The first-order valence-corrected chi connectivity index (χ1v) is 8.57. The summed E-state index contributed by atoms with van der Waals surface area (Å²) in [5.41, 5.74) is 5.50. The van der Waals surface area contributed by atoms with Gasteiger partial charge in [0.2, 0.25) is 0 Å². The van der Waals surface area contributed by atoms with Crippen LogP contribution in [0.4, 0.5) is 0 Å². The molecule has 0 aromatic heterocycles. The molecule has 1 aliphatic heterocycles. The Hall–Kier alpha value is -0.820. The second-order valence-corrected chi connectivity index (χ2v) is 7.36. The molecule has 1 aromatic carbocycles. The molecule has 1 saturated heterocycles. The van der Waals surface area contributed by atoms with Crippen LogP contribution in [0, 0.1) is 5.92 Å². The lowest BCUT2D eigenvalue weighted by Crippen LogP contribution is -2.59. The molecule has 108 valence electrons. The Morgan fingerprint density at radius 3 is 3.00 bits per heavy atom. The van der Waals surface area contributed by atoms with Crippen LogP contribution < -0.4 is 0 Å². The van der Waals surface area contributed by atoms with Crippen molar-refractivity contribution >= 4 is 0 Å². The monoisotopic (exact) mass is 269 g/mol. The van der Waals surface area contributed by atoms with Crippen molar-refractivity contribution < 1.29 is 0 Å². The SMILES string of the molecule is CCc1ccc2c(c1)[C@]13CCCCC1[C@H](C2)N(C)CC3. The highest BCUT2D eigenvalue weighted by Crippen LogP contribution is 2.55. The molecule has 20 heavy (non-hydrogen) atoms. The molecule has 1 heteroatoms. The standard InChI is InChI=1S/C19H27N/c1-3-14-7-8-15-13-18-16-6-4-5-9-19(16,17(15)12-14)10-11-20(18)2/h7-8,12,16,18H,3-6,9-11,13H2,1-2H3/t16?,18-,19-/m0/s1. The lowest BCUT2D eigenvalue weighted by atomic mass is 9.52. The van der Waals surface area contributed by atoms with Crippen LogP contribution in [0.5, 0.6) is 0 Å². The van der Waals surface area contributed by atoms with Gasteiger partial charge in [-0.05, 0) is 68.3 Å². The van der Waals surface area contributed by atoms with Crippen LogP contribution in [-0.2, 0) is 18.3 Å². The van der Waals surface area contributed by atoms with Crippen LogP contribution in [-0.4, -0.2) is 24.5 Å². The quantitative estimate of drug-likeness (QED) is 0.746. The Bertz CT molecular complexity index is 520. The van der Waals surface area contributed by atoms with Gasteiger partial charge in [-0.2, -0.15) is 0 Å². The Labute approximate surface area is 123 Å². The van der Waals surface area contributed by atoms with Gasteiger partial charge in [0.15, 0.2) is 0 Å². The number of piperidine rings is 1. The summed E-state index contributed by atoms with van der Waals surface area (Å²) in [6, 6.07) is 8.21. The predicted octanol–water partition coefficient (Wildman–Crippen LogP) is 3.94. The summed E-state index contributed by atoms with van der Waals surface area (Å²) in [7, 11) is 2.36. The summed E-state index contributed by atoms with van der Waals surface area (Å²) < 4.78 is 0. The topological polar surface area (TPSA) is 3.24 Å². The number of aryl methyl sites for hydroxylation is 1. The zero-order valence-electron chi connectivity index (χ0n) is 13.0. The van der Waals surface area contributed by atoms with Gasteiger partial charge in [0.1, 0.15) is 0 Å². The predicted molar refractivity (Wildman–Crippen MR) is 84.2 cm³/mol. The van der Waals surface area contributed by atoms with E-state index in [1.807, 2.05) is 0 Å². The van der Waals surface area contributed by atoms with Crippen LogP contribution in [0.1, 0.15) is 55.7 Å². The molecule has 2 aliphatic carbocycles. The molecule has 2 bridgehead atoms. The summed E-state index contributed by atoms with van der Waals surface area (Å²) in [4.78, 5) is 2.66. The maximum absolute atomic E-state index is 2.66. The number of hydrogen-bond donors (Lipinski definition) is 0. The average Bonchev–Trinajstić information content (AvgIpc) is 2.50. The highest BCUT2D eigenvalue weighted by molar-refractivity contribution is 5.43. The number of fused-ring (bicyclic) bond motifs is 1. The molecule has 1 aromatic rings. The Morgan fingerprint density at radius 1 is 1.25 bits per heavy atom. The zero-order chi connectivity index (χ0) is 13.7. The van der Waals surface area contributed by atoms with Crippen molar-refractivity contribution in [1.82, 2.24) is 4.90 Å².